The Hall–Kier alpha value is -2.72. The molecule has 0 radical (unpaired) electrons. The van der Waals surface area contributed by atoms with Crippen LogP contribution in [0, 0.1) is 0 Å². The molecule has 0 saturated heterocycles. The van der Waals surface area contributed by atoms with Crippen molar-refractivity contribution in [2.24, 2.45) is 0 Å². The standard InChI is InChI=1S/C21H26F2N2O5S/c1-14(2)25(4)31(27,28)17-9-7-16(8-10-17)20(26)24(3)13-15-6-11-18(30-21(22)23)19(12-15)29-5/h6-12,14,21H,13H2,1-5H3. The number of sulfonamides is 1. The number of halogens is 2. The normalized spacial score (nSPS) is 11.8. The number of hydrogen-bond donors (Lipinski definition) is 0. The van der Waals surface area contributed by atoms with Crippen molar-refractivity contribution in [2.75, 3.05) is 21.2 Å². The molecule has 0 saturated carbocycles. The molecular formula is C21H26F2N2O5S. The Bertz CT molecular complexity index is 1010. The summed E-state index contributed by atoms with van der Waals surface area (Å²) in [4.78, 5) is 14.3. The quantitative estimate of drug-likeness (QED) is 0.576. The van der Waals surface area contributed by atoms with E-state index >= 15 is 0 Å². The van der Waals surface area contributed by atoms with Crippen LogP contribution in [0.15, 0.2) is 47.4 Å². The van der Waals surface area contributed by atoms with Gasteiger partial charge < -0.3 is 14.4 Å². The van der Waals surface area contributed by atoms with E-state index in [-0.39, 0.29) is 34.9 Å². The lowest BCUT2D eigenvalue weighted by atomic mass is 10.1. The zero-order valence-corrected chi connectivity index (χ0v) is 18.8. The van der Waals surface area contributed by atoms with Gasteiger partial charge in [-0.15, -0.1) is 0 Å². The van der Waals surface area contributed by atoms with Crippen molar-refractivity contribution in [3.8, 4) is 11.5 Å². The molecule has 0 aliphatic heterocycles. The van der Waals surface area contributed by atoms with Gasteiger partial charge in [0, 0.05) is 32.2 Å². The lowest BCUT2D eigenvalue weighted by Crippen LogP contribution is -2.33. The van der Waals surface area contributed by atoms with Gasteiger partial charge in [-0.25, -0.2) is 8.42 Å². The molecule has 0 atom stereocenters. The molecule has 0 bridgehead atoms. The van der Waals surface area contributed by atoms with Crippen molar-refractivity contribution in [1.82, 2.24) is 9.21 Å². The van der Waals surface area contributed by atoms with Gasteiger partial charge in [-0.05, 0) is 55.8 Å². The van der Waals surface area contributed by atoms with E-state index in [9.17, 15) is 22.0 Å². The van der Waals surface area contributed by atoms with Gasteiger partial charge in [-0.1, -0.05) is 6.07 Å². The first kappa shape index (κ1) is 24.5. The third kappa shape index (κ3) is 5.92. The van der Waals surface area contributed by atoms with E-state index in [1.165, 1.54) is 59.8 Å². The number of amides is 1. The predicted molar refractivity (Wildman–Crippen MR) is 112 cm³/mol. The highest BCUT2D eigenvalue weighted by atomic mass is 32.2. The summed E-state index contributed by atoms with van der Waals surface area (Å²) in [7, 11) is 0.769. The minimum Gasteiger partial charge on any atom is -0.493 e. The van der Waals surface area contributed by atoms with Crippen molar-refractivity contribution in [3.63, 3.8) is 0 Å². The zero-order valence-electron chi connectivity index (χ0n) is 18.0. The molecule has 0 aromatic heterocycles. The highest BCUT2D eigenvalue weighted by Gasteiger charge is 2.23. The van der Waals surface area contributed by atoms with E-state index in [1.54, 1.807) is 27.0 Å². The van der Waals surface area contributed by atoms with Gasteiger partial charge in [-0.2, -0.15) is 13.1 Å². The third-order valence-electron chi connectivity index (χ3n) is 4.72. The van der Waals surface area contributed by atoms with Crippen LogP contribution in [-0.2, 0) is 16.6 Å². The minimum atomic E-state index is -3.64. The van der Waals surface area contributed by atoms with Crippen LogP contribution in [-0.4, -0.2) is 57.4 Å². The van der Waals surface area contributed by atoms with E-state index in [2.05, 4.69) is 4.74 Å². The maximum Gasteiger partial charge on any atom is 0.387 e. The summed E-state index contributed by atoms with van der Waals surface area (Å²) in [6.45, 7) is 0.744. The summed E-state index contributed by atoms with van der Waals surface area (Å²) < 4.78 is 60.7. The highest BCUT2D eigenvalue weighted by molar-refractivity contribution is 7.89. The maximum absolute atomic E-state index is 12.7. The number of carbonyl (C=O) groups excluding carboxylic acids is 1. The molecule has 170 valence electrons. The number of alkyl halides is 2. The predicted octanol–water partition coefficient (Wildman–Crippen LogP) is 3.60. The molecule has 31 heavy (non-hydrogen) atoms. The Balaban J connectivity index is 2.15. The molecule has 0 aliphatic rings. The molecular weight excluding hydrogens is 430 g/mol. The average Bonchev–Trinajstić information content (AvgIpc) is 2.73. The van der Waals surface area contributed by atoms with Crippen LogP contribution in [0.3, 0.4) is 0 Å². The Morgan fingerprint density at radius 2 is 1.65 bits per heavy atom. The van der Waals surface area contributed by atoms with Gasteiger partial charge in [0.05, 0.1) is 12.0 Å². The lowest BCUT2D eigenvalue weighted by molar-refractivity contribution is -0.0512. The van der Waals surface area contributed by atoms with Gasteiger partial charge in [0.2, 0.25) is 10.0 Å². The highest BCUT2D eigenvalue weighted by Crippen LogP contribution is 2.30. The molecule has 2 aromatic carbocycles. The summed E-state index contributed by atoms with van der Waals surface area (Å²) in [6.07, 6.45) is 0. The molecule has 10 heteroatoms. The van der Waals surface area contributed by atoms with Crippen LogP contribution >= 0.6 is 0 Å². The summed E-state index contributed by atoms with van der Waals surface area (Å²) >= 11 is 0. The zero-order chi connectivity index (χ0) is 23.3. The second kappa shape index (κ2) is 10.1. The first-order valence-electron chi connectivity index (χ1n) is 9.42. The number of benzene rings is 2. The van der Waals surface area contributed by atoms with Crippen LogP contribution in [0.2, 0.25) is 0 Å². The Kier molecular flexibility index (Phi) is 7.96. The van der Waals surface area contributed by atoms with Crippen molar-refractivity contribution < 1.29 is 31.5 Å². The molecule has 7 nitrogen and oxygen atoms in total. The second-order valence-corrected chi connectivity index (χ2v) is 9.16. The smallest absolute Gasteiger partial charge is 0.387 e. The molecule has 0 N–H and O–H groups in total. The summed E-state index contributed by atoms with van der Waals surface area (Å²) in [5, 5.41) is 0. The Morgan fingerprint density at radius 3 is 2.16 bits per heavy atom. The molecule has 2 aromatic rings. The van der Waals surface area contributed by atoms with Gasteiger partial charge >= 0.3 is 6.61 Å². The Morgan fingerprint density at radius 1 is 1.03 bits per heavy atom. The molecule has 0 fully saturated rings. The SMILES string of the molecule is COc1cc(CN(C)C(=O)c2ccc(S(=O)(=O)N(C)C(C)C)cc2)ccc1OC(F)F. The van der Waals surface area contributed by atoms with Crippen LogP contribution in [0.4, 0.5) is 8.78 Å². The molecule has 0 spiro atoms. The minimum absolute atomic E-state index is 0.0987. The van der Waals surface area contributed by atoms with E-state index < -0.39 is 16.6 Å². The average molecular weight is 457 g/mol. The number of hydrogen-bond acceptors (Lipinski definition) is 5. The van der Waals surface area contributed by atoms with E-state index in [0.717, 1.165) is 0 Å². The fraction of sp³-hybridized carbons (Fsp3) is 0.381. The number of ether oxygens (including phenoxy) is 2. The van der Waals surface area contributed by atoms with Gasteiger partial charge in [-0.3, -0.25) is 4.79 Å². The summed E-state index contributed by atoms with van der Waals surface area (Å²) in [5.74, 6) is -0.297. The molecule has 0 unspecified atom stereocenters. The van der Waals surface area contributed by atoms with Gasteiger partial charge in [0.15, 0.2) is 11.5 Å². The first-order chi connectivity index (χ1) is 14.5. The van der Waals surface area contributed by atoms with Crippen molar-refractivity contribution in [2.45, 2.75) is 37.9 Å². The fourth-order valence-electron chi connectivity index (χ4n) is 2.78. The van der Waals surface area contributed by atoms with Crippen LogP contribution in [0.1, 0.15) is 29.8 Å². The summed E-state index contributed by atoms with van der Waals surface area (Å²) in [5.41, 5.74) is 0.963. The number of nitrogens with zero attached hydrogens (tertiary/aromatic N) is 2. The van der Waals surface area contributed by atoms with Gasteiger partial charge in [0.1, 0.15) is 0 Å². The fourth-order valence-corrected chi connectivity index (χ4v) is 4.15. The molecule has 1 amide bonds. The summed E-state index contributed by atoms with van der Waals surface area (Å²) in [6, 6.07) is 9.93. The number of carbonyl (C=O) groups is 1. The Labute approximate surface area is 181 Å². The number of methoxy groups -OCH3 is 1. The first-order valence-corrected chi connectivity index (χ1v) is 10.9. The van der Waals surface area contributed by atoms with Crippen molar-refractivity contribution in [1.29, 1.82) is 0 Å². The topological polar surface area (TPSA) is 76.2 Å². The lowest BCUT2D eigenvalue weighted by Gasteiger charge is -2.21. The molecule has 2 rings (SSSR count). The van der Waals surface area contributed by atoms with Crippen LogP contribution < -0.4 is 9.47 Å². The van der Waals surface area contributed by atoms with E-state index in [1.807, 2.05) is 0 Å². The van der Waals surface area contributed by atoms with Crippen molar-refractivity contribution >= 4 is 15.9 Å². The van der Waals surface area contributed by atoms with Crippen LogP contribution in [0.5, 0.6) is 11.5 Å². The monoisotopic (exact) mass is 456 g/mol. The maximum atomic E-state index is 12.7. The molecule has 0 heterocycles. The van der Waals surface area contributed by atoms with Gasteiger partial charge in [0.25, 0.3) is 5.91 Å². The van der Waals surface area contributed by atoms with Crippen molar-refractivity contribution in [3.05, 3.63) is 53.6 Å². The third-order valence-corrected chi connectivity index (χ3v) is 6.76. The second-order valence-electron chi connectivity index (χ2n) is 7.16. The van der Waals surface area contributed by atoms with E-state index in [4.69, 9.17) is 4.74 Å². The van der Waals surface area contributed by atoms with E-state index in [0.29, 0.717) is 11.1 Å². The largest absolute Gasteiger partial charge is 0.493 e. The van der Waals surface area contributed by atoms with Crippen LogP contribution in [0.25, 0.3) is 0 Å². The number of rotatable bonds is 9. The molecule has 0 aliphatic carbocycles.